The SMILES string of the molecule is CC(=O)N(CC(=O)Nc1ccc(F)c(Cl)c1)c1ccc(Cl)cc1. The largest absolute Gasteiger partial charge is 0.324 e. The zero-order valence-electron chi connectivity index (χ0n) is 12.1. The van der Waals surface area contributed by atoms with E-state index < -0.39 is 11.7 Å². The van der Waals surface area contributed by atoms with Crippen molar-refractivity contribution < 1.29 is 14.0 Å². The molecule has 0 radical (unpaired) electrons. The van der Waals surface area contributed by atoms with Crippen LogP contribution in [0, 0.1) is 5.82 Å². The highest BCUT2D eigenvalue weighted by molar-refractivity contribution is 6.31. The molecule has 0 aliphatic heterocycles. The molecule has 4 nitrogen and oxygen atoms in total. The van der Waals surface area contributed by atoms with Gasteiger partial charge in [-0.3, -0.25) is 9.59 Å². The van der Waals surface area contributed by atoms with Gasteiger partial charge < -0.3 is 10.2 Å². The molecule has 0 aliphatic carbocycles. The summed E-state index contributed by atoms with van der Waals surface area (Å²) >= 11 is 11.5. The molecule has 2 aromatic carbocycles. The van der Waals surface area contributed by atoms with Crippen LogP contribution in [0.25, 0.3) is 0 Å². The number of rotatable bonds is 4. The molecule has 0 saturated carbocycles. The summed E-state index contributed by atoms with van der Waals surface area (Å²) in [6, 6.07) is 10.4. The summed E-state index contributed by atoms with van der Waals surface area (Å²) in [5.41, 5.74) is 0.898. The van der Waals surface area contributed by atoms with Gasteiger partial charge in [0.2, 0.25) is 11.8 Å². The number of benzene rings is 2. The van der Waals surface area contributed by atoms with Crippen LogP contribution in [0.1, 0.15) is 6.92 Å². The smallest absolute Gasteiger partial charge is 0.244 e. The molecule has 23 heavy (non-hydrogen) atoms. The molecule has 0 aromatic heterocycles. The van der Waals surface area contributed by atoms with E-state index in [1.165, 1.54) is 24.0 Å². The summed E-state index contributed by atoms with van der Waals surface area (Å²) < 4.78 is 13.1. The van der Waals surface area contributed by atoms with E-state index in [0.29, 0.717) is 16.4 Å². The Morgan fingerprint density at radius 3 is 2.35 bits per heavy atom. The fourth-order valence-electron chi connectivity index (χ4n) is 1.92. The first-order chi connectivity index (χ1) is 10.9. The molecule has 0 spiro atoms. The number of anilines is 2. The van der Waals surface area contributed by atoms with Gasteiger partial charge in [0, 0.05) is 23.3 Å². The quantitative estimate of drug-likeness (QED) is 0.897. The second-order valence-electron chi connectivity index (χ2n) is 4.76. The van der Waals surface area contributed by atoms with Gasteiger partial charge in [-0.1, -0.05) is 23.2 Å². The van der Waals surface area contributed by atoms with Crippen molar-refractivity contribution in [2.45, 2.75) is 6.92 Å². The Kier molecular flexibility index (Phi) is 5.58. The van der Waals surface area contributed by atoms with Crippen molar-refractivity contribution in [3.05, 3.63) is 58.3 Å². The molecule has 2 rings (SSSR count). The van der Waals surface area contributed by atoms with Crippen molar-refractivity contribution >= 4 is 46.4 Å². The standard InChI is InChI=1S/C16H13Cl2FN2O2/c1-10(22)21(13-5-2-11(17)3-6-13)9-16(23)20-12-4-7-15(19)14(18)8-12/h2-8H,9H2,1H3,(H,20,23). The lowest BCUT2D eigenvalue weighted by Crippen LogP contribution is -2.36. The number of hydrogen-bond acceptors (Lipinski definition) is 2. The van der Waals surface area contributed by atoms with Crippen molar-refractivity contribution in [2.24, 2.45) is 0 Å². The molecular weight excluding hydrogens is 342 g/mol. The fraction of sp³-hybridized carbons (Fsp3) is 0.125. The molecule has 0 saturated heterocycles. The normalized spacial score (nSPS) is 10.3. The van der Waals surface area contributed by atoms with Crippen LogP contribution in [0.2, 0.25) is 10.0 Å². The number of amides is 2. The molecule has 7 heteroatoms. The van der Waals surface area contributed by atoms with Crippen LogP contribution in [0.3, 0.4) is 0 Å². The minimum Gasteiger partial charge on any atom is -0.324 e. The fourth-order valence-corrected chi connectivity index (χ4v) is 2.23. The van der Waals surface area contributed by atoms with E-state index in [9.17, 15) is 14.0 Å². The molecule has 120 valence electrons. The van der Waals surface area contributed by atoms with Crippen LogP contribution in [-0.4, -0.2) is 18.4 Å². The van der Waals surface area contributed by atoms with Gasteiger partial charge in [-0.25, -0.2) is 4.39 Å². The van der Waals surface area contributed by atoms with Gasteiger partial charge in [-0.2, -0.15) is 0 Å². The Labute approximate surface area is 142 Å². The Balaban J connectivity index is 2.10. The first-order valence-electron chi connectivity index (χ1n) is 6.65. The van der Waals surface area contributed by atoms with Gasteiger partial charge >= 0.3 is 0 Å². The molecule has 1 N–H and O–H groups in total. The van der Waals surface area contributed by atoms with E-state index in [-0.39, 0.29) is 17.5 Å². The molecule has 0 bridgehead atoms. The van der Waals surface area contributed by atoms with Crippen molar-refractivity contribution in [1.29, 1.82) is 0 Å². The Hall–Kier alpha value is -2.11. The van der Waals surface area contributed by atoms with Gasteiger partial charge in [-0.05, 0) is 42.5 Å². The summed E-state index contributed by atoms with van der Waals surface area (Å²) in [5, 5.41) is 3.00. The van der Waals surface area contributed by atoms with E-state index in [1.54, 1.807) is 24.3 Å². The zero-order valence-corrected chi connectivity index (χ0v) is 13.7. The van der Waals surface area contributed by atoms with Gasteiger partial charge in [0.25, 0.3) is 0 Å². The Bertz CT molecular complexity index is 735. The third kappa shape index (κ3) is 4.68. The van der Waals surface area contributed by atoms with Crippen molar-refractivity contribution in [3.8, 4) is 0 Å². The molecule has 0 aliphatic rings. The van der Waals surface area contributed by atoms with Gasteiger partial charge in [0.15, 0.2) is 0 Å². The Morgan fingerprint density at radius 1 is 1.13 bits per heavy atom. The number of halogens is 3. The Morgan fingerprint density at radius 2 is 1.78 bits per heavy atom. The summed E-state index contributed by atoms with van der Waals surface area (Å²) in [6.45, 7) is 1.17. The van der Waals surface area contributed by atoms with Crippen LogP contribution in [0.5, 0.6) is 0 Å². The first-order valence-corrected chi connectivity index (χ1v) is 7.41. The van der Waals surface area contributed by atoms with Crippen molar-refractivity contribution in [2.75, 3.05) is 16.8 Å². The lowest BCUT2D eigenvalue weighted by atomic mass is 10.2. The van der Waals surface area contributed by atoms with Gasteiger partial charge in [0.1, 0.15) is 12.4 Å². The minimum absolute atomic E-state index is 0.0936. The highest BCUT2D eigenvalue weighted by Crippen LogP contribution is 2.20. The second kappa shape index (κ2) is 7.44. The van der Waals surface area contributed by atoms with E-state index in [1.807, 2.05) is 0 Å². The molecular formula is C16H13Cl2FN2O2. The van der Waals surface area contributed by atoms with Gasteiger partial charge in [0.05, 0.1) is 5.02 Å². The number of carbonyl (C=O) groups excluding carboxylic acids is 2. The molecule has 0 atom stereocenters. The summed E-state index contributed by atoms with van der Waals surface area (Å²) in [5.74, 6) is -1.30. The summed E-state index contributed by atoms with van der Waals surface area (Å²) in [4.78, 5) is 25.2. The van der Waals surface area contributed by atoms with Crippen LogP contribution in [0.15, 0.2) is 42.5 Å². The average molecular weight is 355 g/mol. The second-order valence-corrected chi connectivity index (χ2v) is 5.60. The molecule has 2 aromatic rings. The summed E-state index contributed by atoms with van der Waals surface area (Å²) in [7, 11) is 0. The van der Waals surface area contributed by atoms with Crippen LogP contribution < -0.4 is 10.2 Å². The van der Waals surface area contributed by atoms with E-state index in [2.05, 4.69) is 5.32 Å². The van der Waals surface area contributed by atoms with E-state index in [0.717, 1.165) is 6.07 Å². The highest BCUT2D eigenvalue weighted by Gasteiger charge is 2.16. The van der Waals surface area contributed by atoms with E-state index >= 15 is 0 Å². The number of nitrogens with one attached hydrogen (secondary N) is 1. The van der Waals surface area contributed by atoms with Gasteiger partial charge in [-0.15, -0.1) is 0 Å². The summed E-state index contributed by atoms with van der Waals surface area (Å²) in [6.07, 6.45) is 0. The first kappa shape index (κ1) is 17.2. The number of hydrogen-bond donors (Lipinski definition) is 1. The van der Waals surface area contributed by atoms with Crippen LogP contribution in [0.4, 0.5) is 15.8 Å². The highest BCUT2D eigenvalue weighted by atomic mass is 35.5. The van der Waals surface area contributed by atoms with Crippen LogP contribution >= 0.6 is 23.2 Å². The minimum atomic E-state index is -0.573. The monoisotopic (exact) mass is 354 g/mol. The average Bonchev–Trinajstić information content (AvgIpc) is 2.49. The van der Waals surface area contributed by atoms with Crippen LogP contribution in [-0.2, 0) is 9.59 Å². The molecule has 0 unspecified atom stereocenters. The zero-order chi connectivity index (χ0) is 17.0. The van der Waals surface area contributed by atoms with Crippen molar-refractivity contribution in [3.63, 3.8) is 0 Å². The lowest BCUT2D eigenvalue weighted by molar-refractivity contribution is -0.120. The van der Waals surface area contributed by atoms with Crippen molar-refractivity contribution in [1.82, 2.24) is 0 Å². The third-order valence-corrected chi connectivity index (χ3v) is 3.57. The molecule has 0 heterocycles. The maximum atomic E-state index is 13.1. The number of carbonyl (C=O) groups is 2. The predicted octanol–water partition coefficient (Wildman–Crippen LogP) is 4.12. The maximum Gasteiger partial charge on any atom is 0.244 e. The molecule has 2 amide bonds. The van der Waals surface area contributed by atoms with E-state index in [4.69, 9.17) is 23.2 Å². The third-order valence-electron chi connectivity index (χ3n) is 3.02. The predicted molar refractivity (Wildman–Crippen MR) is 89.5 cm³/mol. The number of nitrogens with zero attached hydrogens (tertiary/aromatic N) is 1. The molecule has 0 fully saturated rings. The topological polar surface area (TPSA) is 49.4 Å². The lowest BCUT2D eigenvalue weighted by Gasteiger charge is -2.20. The maximum absolute atomic E-state index is 13.1.